The standard InChI is InChI=1S/C67H116O6/c1-4-7-10-13-16-19-22-25-28-31-32-33-34-37-39-42-45-48-51-54-57-60-66(69)72-63-64(73-67(70)61-58-55-52-49-46-43-40-36-30-27-24-21-18-15-12-9-6-3)62-71-65(68)59-56-53-50-47-44-41-38-35-29-26-23-20-17-14-11-8-5-2/h9,12,17-18,20-21,25-30,40,43,64H,4-8,10-11,13-16,19,22-24,31-39,41-42,44-63H2,1-3H3/b12-9-,20-17-,21-18-,28-25-,29-26-,30-27-,43-40-/t64-/m1/s1. The van der Waals surface area contributed by atoms with Crippen LogP contribution in [0.25, 0.3) is 0 Å². The number of hydrogen-bond acceptors (Lipinski definition) is 6. The molecule has 73 heavy (non-hydrogen) atoms. The van der Waals surface area contributed by atoms with Crippen LogP contribution in [0.2, 0.25) is 0 Å². The molecule has 0 heterocycles. The summed E-state index contributed by atoms with van der Waals surface area (Å²) in [7, 11) is 0. The Morgan fingerprint density at radius 2 is 0.534 bits per heavy atom. The topological polar surface area (TPSA) is 78.9 Å². The van der Waals surface area contributed by atoms with Crippen LogP contribution in [0, 0.1) is 0 Å². The minimum Gasteiger partial charge on any atom is -0.462 e. The molecule has 0 aromatic heterocycles. The number of rotatable bonds is 56. The zero-order valence-corrected chi connectivity index (χ0v) is 48.1. The predicted molar refractivity (Wildman–Crippen MR) is 316 cm³/mol. The third kappa shape index (κ3) is 59.3. The number of ether oxygens (including phenoxy) is 3. The Labute approximate surface area is 452 Å². The highest BCUT2D eigenvalue weighted by atomic mass is 16.6. The molecule has 0 aromatic carbocycles. The van der Waals surface area contributed by atoms with E-state index >= 15 is 0 Å². The molecular weight excluding hydrogens is 901 g/mol. The average molecular weight is 1020 g/mol. The van der Waals surface area contributed by atoms with Crippen LogP contribution in [0.5, 0.6) is 0 Å². The zero-order chi connectivity index (χ0) is 52.9. The van der Waals surface area contributed by atoms with Crippen LogP contribution in [-0.4, -0.2) is 37.2 Å². The van der Waals surface area contributed by atoms with Crippen molar-refractivity contribution in [1.29, 1.82) is 0 Å². The molecule has 0 aliphatic rings. The Morgan fingerprint density at radius 3 is 0.877 bits per heavy atom. The Hall–Kier alpha value is -3.41. The van der Waals surface area contributed by atoms with E-state index in [0.717, 1.165) is 109 Å². The third-order valence-corrected chi connectivity index (χ3v) is 13.4. The van der Waals surface area contributed by atoms with Crippen molar-refractivity contribution in [2.24, 2.45) is 0 Å². The molecule has 0 aliphatic heterocycles. The van der Waals surface area contributed by atoms with E-state index in [1.54, 1.807) is 0 Å². The van der Waals surface area contributed by atoms with Crippen molar-refractivity contribution in [3.63, 3.8) is 0 Å². The largest absolute Gasteiger partial charge is 0.462 e. The fourth-order valence-corrected chi connectivity index (χ4v) is 8.69. The second-order valence-corrected chi connectivity index (χ2v) is 20.6. The molecule has 0 amide bonds. The number of allylic oxidation sites excluding steroid dienone is 14. The van der Waals surface area contributed by atoms with Crippen molar-refractivity contribution in [1.82, 2.24) is 0 Å². The van der Waals surface area contributed by atoms with Gasteiger partial charge in [-0.1, -0.05) is 254 Å². The van der Waals surface area contributed by atoms with E-state index in [0.29, 0.717) is 19.3 Å². The van der Waals surface area contributed by atoms with Gasteiger partial charge in [0.2, 0.25) is 0 Å². The zero-order valence-electron chi connectivity index (χ0n) is 48.1. The van der Waals surface area contributed by atoms with Crippen LogP contribution in [0.3, 0.4) is 0 Å². The fourth-order valence-electron chi connectivity index (χ4n) is 8.69. The van der Waals surface area contributed by atoms with Gasteiger partial charge < -0.3 is 14.2 Å². The minimum absolute atomic E-state index is 0.0886. The van der Waals surface area contributed by atoms with E-state index in [1.165, 1.54) is 154 Å². The van der Waals surface area contributed by atoms with Gasteiger partial charge in [-0.25, -0.2) is 0 Å². The van der Waals surface area contributed by atoms with Crippen molar-refractivity contribution in [2.75, 3.05) is 13.2 Å². The second-order valence-electron chi connectivity index (χ2n) is 20.6. The lowest BCUT2D eigenvalue weighted by atomic mass is 10.0. The summed E-state index contributed by atoms with van der Waals surface area (Å²) < 4.78 is 16.9. The maximum absolute atomic E-state index is 12.9. The summed E-state index contributed by atoms with van der Waals surface area (Å²) in [5.74, 6) is -0.911. The van der Waals surface area contributed by atoms with Crippen LogP contribution in [0.15, 0.2) is 85.1 Å². The average Bonchev–Trinajstić information content (AvgIpc) is 3.39. The summed E-state index contributed by atoms with van der Waals surface area (Å²) in [5.41, 5.74) is 0. The van der Waals surface area contributed by atoms with E-state index in [4.69, 9.17) is 14.2 Å². The molecule has 0 saturated carbocycles. The molecular formula is C67H116O6. The first-order valence-corrected chi connectivity index (χ1v) is 31.1. The first-order chi connectivity index (χ1) is 36.0. The molecule has 0 aromatic rings. The Balaban J connectivity index is 4.40. The van der Waals surface area contributed by atoms with Gasteiger partial charge in [0.1, 0.15) is 13.2 Å². The van der Waals surface area contributed by atoms with E-state index in [2.05, 4.69) is 106 Å². The maximum Gasteiger partial charge on any atom is 0.306 e. The van der Waals surface area contributed by atoms with Gasteiger partial charge in [-0.3, -0.25) is 14.4 Å². The molecule has 0 saturated heterocycles. The molecule has 0 spiro atoms. The summed E-state index contributed by atoms with van der Waals surface area (Å²) in [4.78, 5) is 38.3. The molecule has 0 rings (SSSR count). The number of unbranched alkanes of at least 4 members (excludes halogenated alkanes) is 31. The lowest BCUT2D eigenvalue weighted by molar-refractivity contribution is -0.167. The minimum atomic E-state index is -0.794. The van der Waals surface area contributed by atoms with Gasteiger partial charge in [0.15, 0.2) is 6.10 Å². The van der Waals surface area contributed by atoms with Gasteiger partial charge in [0.25, 0.3) is 0 Å². The first kappa shape index (κ1) is 69.6. The molecule has 1 atom stereocenters. The van der Waals surface area contributed by atoms with Crippen LogP contribution in [0.1, 0.15) is 303 Å². The number of esters is 3. The number of hydrogen-bond donors (Lipinski definition) is 0. The Bertz CT molecular complexity index is 1400. The third-order valence-electron chi connectivity index (χ3n) is 13.4. The lowest BCUT2D eigenvalue weighted by Crippen LogP contribution is -2.30. The predicted octanol–water partition coefficient (Wildman–Crippen LogP) is 21.1. The van der Waals surface area contributed by atoms with Crippen LogP contribution in [0.4, 0.5) is 0 Å². The molecule has 0 radical (unpaired) electrons. The number of carbonyl (C=O) groups excluding carboxylic acids is 3. The summed E-state index contributed by atoms with van der Waals surface area (Å²) in [6, 6.07) is 0. The van der Waals surface area contributed by atoms with Crippen LogP contribution >= 0.6 is 0 Å². The molecule has 0 bridgehead atoms. The maximum atomic E-state index is 12.9. The molecule has 0 fully saturated rings. The van der Waals surface area contributed by atoms with E-state index in [1.807, 2.05) is 0 Å². The van der Waals surface area contributed by atoms with Crippen LogP contribution in [-0.2, 0) is 28.6 Å². The highest BCUT2D eigenvalue weighted by Gasteiger charge is 2.19. The monoisotopic (exact) mass is 1020 g/mol. The fraction of sp³-hybridized carbons (Fsp3) is 0.746. The van der Waals surface area contributed by atoms with Gasteiger partial charge in [-0.05, 0) is 116 Å². The molecule has 6 nitrogen and oxygen atoms in total. The van der Waals surface area contributed by atoms with Gasteiger partial charge in [0, 0.05) is 19.3 Å². The molecule has 0 aliphatic carbocycles. The van der Waals surface area contributed by atoms with E-state index < -0.39 is 6.10 Å². The SMILES string of the molecule is CC/C=C\C/C=C\C/C=C\C/C=C\CCCCCCC(=O)O[C@H](COC(=O)CCCCCCCCC/C=C\C/C=C\CCCCC)COC(=O)CCCCCCCCCCCCC/C=C\CCCCCCCC. The first-order valence-electron chi connectivity index (χ1n) is 31.1. The molecule has 0 N–H and O–H groups in total. The number of carbonyl (C=O) groups is 3. The summed E-state index contributed by atoms with van der Waals surface area (Å²) in [6.07, 6.45) is 80.1. The van der Waals surface area contributed by atoms with E-state index in [-0.39, 0.29) is 31.1 Å². The normalized spacial score (nSPS) is 12.6. The van der Waals surface area contributed by atoms with Crippen molar-refractivity contribution < 1.29 is 28.6 Å². The smallest absolute Gasteiger partial charge is 0.306 e. The van der Waals surface area contributed by atoms with Gasteiger partial charge in [-0.15, -0.1) is 0 Å². The molecule has 0 unspecified atom stereocenters. The van der Waals surface area contributed by atoms with Gasteiger partial charge >= 0.3 is 17.9 Å². The second kappa shape index (κ2) is 61.1. The quantitative estimate of drug-likeness (QED) is 0.0261. The summed E-state index contributed by atoms with van der Waals surface area (Å²) >= 11 is 0. The summed E-state index contributed by atoms with van der Waals surface area (Å²) in [5, 5.41) is 0. The highest BCUT2D eigenvalue weighted by molar-refractivity contribution is 5.71. The van der Waals surface area contributed by atoms with Gasteiger partial charge in [0.05, 0.1) is 0 Å². The highest BCUT2D eigenvalue weighted by Crippen LogP contribution is 2.16. The van der Waals surface area contributed by atoms with Crippen LogP contribution < -0.4 is 0 Å². The molecule has 6 heteroatoms. The Morgan fingerprint density at radius 1 is 0.288 bits per heavy atom. The van der Waals surface area contributed by atoms with Crippen molar-refractivity contribution in [3.05, 3.63) is 85.1 Å². The van der Waals surface area contributed by atoms with Gasteiger partial charge in [-0.2, -0.15) is 0 Å². The van der Waals surface area contributed by atoms with E-state index in [9.17, 15) is 14.4 Å². The lowest BCUT2D eigenvalue weighted by Gasteiger charge is -2.18. The van der Waals surface area contributed by atoms with Crippen molar-refractivity contribution in [3.8, 4) is 0 Å². The van der Waals surface area contributed by atoms with Crippen molar-refractivity contribution >= 4 is 17.9 Å². The molecule has 420 valence electrons. The Kier molecular flexibility index (Phi) is 58.3. The van der Waals surface area contributed by atoms with Crippen molar-refractivity contribution in [2.45, 2.75) is 309 Å². The summed E-state index contributed by atoms with van der Waals surface area (Å²) in [6.45, 7) is 6.50.